The maximum atomic E-state index is 11.2. The molecule has 5 nitrogen and oxygen atoms in total. The van der Waals surface area contributed by atoms with Crippen LogP contribution < -0.4 is 20.5 Å². The van der Waals surface area contributed by atoms with Crippen molar-refractivity contribution in [2.24, 2.45) is 5.73 Å². The van der Waals surface area contributed by atoms with E-state index < -0.39 is 5.91 Å². The Morgan fingerprint density at radius 2 is 1.76 bits per heavy atom. The second-order valence-electron chi connectivity index (χ2n) is 4.52. The Labute approximate surface area is 123 Å². The first-order chi connectivity index (χ1) is 10.1. The van der Waals surface area contributed by atoms with Crippen molar-refractivity contribution in [3.05, 3.63) is 53.6 Å². The number of nitrogens with two attached hydrogens (primary N) is 1. The summed E-state index contributed by atoms with van der Waals surface area (Å²) in [4.78, 5) is 11.2. The van der Waals surface area contributed by atoms with E-state index in [1.807, 2.05) is 24.3 Å². The van der Waals surface area contributed by atoms with E-state index in [-0.39, 0.29) is 0 Å². The normalized spacial score (nSPS) is 10.0. The quantitative estimate of drug-likeness (QED) is 0.855. The molecule has 0 radical (unpaired) electrons. The lowest BCUT2D eigenvalue weighted by molar-refractivity contribution is 0.100. The van der Waals surface area contributed by atoms with Crippen LogP contribution in [-0.2, 0) is 6.54 Å². The Bertz CT molecular complexity index is 619. The highest BCUT2D eigenvalue weighted by molar-refractivity contribution is 5.93. The molecule has 21 heavy (non-hydrogen) atoms. The number of rotatable bonds is 6. The van der Waals surface area contributed by atoms with Crippen LogP contribution in [0, 0.1) is 0 Å². The van der Waals surface area contributed by atoms with E-state index >= 15 is 0 Å². The minimum Gasteiger partial charge on any atom is -0.497 e. The van der Waals surface area contributed by atoms with Gasteiger partial charge in [-0.1, -0.05) is 6.07 Å². The van der Waals surface area contributed by atoms with Gasteiger partial charge in [0.05, 0.1) is 14.2 Å². The first-order valence-corrected chi connectivity index (χ1v) is 6.48. The molecule has 0 heterocycles. The molecule has 2 rings (SSSR count). The molecule has 0 unspecified atom stereocenters. The number of benzene rings is 2. The topological polar surface area (TPSA) is 73.6 Å². The van der Waals surface area contributed by atoms with E-state index in [2.05, 4.69) is 5.32 Å². The first kappa shape index (κ1) is 14.7. The predicted molar refractivity (Wildman–Crippen MR) is 81.8 cm³/mol. The lowest BCUT2D eigenvalue weighted by atomic mass is 10.1. The predicted octanol–water partition coefficient (Wildman–Crippen LogP) is 2.41. The molecular weight excluding hydrogens is 268 g/mol. The van der Waals surface area contributed by atoms with Crippen LogP contribution in [0.3, 0.4) is 0 Å². The van der Waals surface area contributed by atoms with Crippen LogP contribution in [0.25, 0.3) is 0 Å². The van der Waals surface area contributed by atoms with Gasteiger partial charge in [0, 0.05) is 23.9 Å². The van der Waals surface area contributed by atoms with Gasteiger partial charge in [-0.3, -0.25) is 4.79 Å². The van der Waals surface area contributed by atoms with E-state index in [1.165, 1.54) is 0 Å². The summed E-state index contributed by atoms with van der Waals surface area (Å²) in [6, 6.07) is 12.7. The van der Waals surface area contributed by atoms with Gasteiger partial charge in [-0.2, -0.15) is 0 Å². The maximum absolute atomic E-state index is 11.2. The smallest absolute Gasteiger partial charge is 0.248 e. The Balaban J connectivity index is 2.12. The van der Waals surface area contributed by atoms with Crippen molar-refractivity contribution in [3.8, 4) is 11.5 Å². The van der Waals surface area contributed by atoms with E-state index in [0.29, 0.717) is 12.1 Å². The van der Waals surface area contributed by atoms with Crippen LogP contribution in [-0.4, -0.2) is 20.1 Å². The molecular formula is C16H18N2O3. The fourth-order valence-electron chi connectivity index (χ4n) is 1.95. The summed E-state index contributed by atoms with van der Waals surface area (Å²) in [6.45, 7) is 0.579. The number of carbonyl (C=O) groups is 1. The van der Waals surface area contributed by atoms with Crippen molar-refractivity contribution < 1.29 is 14.3 Å². The first-order valence-electron chi connectivity index (χ1n) is 6.48. The van der Waals surface area contributed by atoms with Crippen LogP contribution in [0.15, 0.2) is 42.5 Å². The molecule has 0 aliphatic carbocycles. The molecule has 0 fully saturated rings. The van der Waals surface area contributed by atoms with Crippen molar-refractivity contribution in [2.75, 3.05) is 19.5 Å². The number of nitrogens with one attached hydrogen (secondary N) is 1. The van der Waals surface area contributed by atoms with Crippen molar-refractivity contribution in [3.63, 3.8) is 0 Å². The highest BCUT2D eigenvalue weighted by Crippen LogP contribution is 2.23. The summed E-state index contributed by atoms with van der Waals surface area (Å²) >= 11 is 0. The molecule has 3 N–H and O–H groups in total. The summed E-state index contributed by atoms with van der Waals surface area (Å²) in [5, 5.41) is 3.24. The lowest BCUT2D eigenvalue weighted by Gasteiger charge is -2.11. The summed E-state index contributed by atoms with van der Waals surface area (Å²) in [5.41, 5.74) is 7.58. The van der Waals surface area contributed by atoms with Gasteiger partial charge in [0.25, 0.3) is 0 Å². The molecule has 2 aromatic carbocycles. The number of ether oxygens (including phenoxy) is 2. The van der Waals surface area contributed by atoms with Gasteiger partial charge in [-0.15, -0.1) is 0 Å². The monoisotopic (exact) mass is 286 g/mol. The number of carbonyl (C=O) groups excluding carboxylic acids is 1. The molecule has 110 valence electrons. The standard InChI is InChI=1S/C16H18N2O3/c1-20-14-6-11(7-15(9-14)21-2)10-18-13-5-3-4-12(8-13)16(17)19/h3-9,18H,10H2,1-2H3,(H2,17,19). The number of hydrogen-bond donors (Lipinski definition) is 2. The van der Waals surface area contributed by atoms with Crippen LogP contribution in [0.2, 0.25) is 0 Å². The summed E-state index contributed by atoms with van der Waals surface area (Å²) < 4.78 is 10.5. The second-order valence-corrected chi connectivity index (χ2v) is 4.52. The maximum Gasteiger partial charge on any atom is 0.248 e. The van der Waals surface area contributed by atoms with E-state index in [1.54, 1.807) is 32.4 Å². The number of methoxy groups -OCH3 is 2. The van der Waals surface area contributed by atoms with Gasteiger partial charge in [0.1, 0.15) is 11.5 Å². The minimum atomic E-state index is -0.443. The van der Waals surface area contributed by atoms with E-state index in [0.717, 1.165) is 22.7 Å². The number of amides is 1. The largest absolute Gasteiger partial charge is 0.497 e. The molecule has 5 heteroatoms. The minimum absolute atomic E-state index is 0.443. The Morgan fingerprint density at radius 1 is 1.10 bits per heavy atom. The SMILES string of the molecule is COc1cc(CNc2cccc(C(N)=O)c2)cc(OC)c1. The Hall–Kier alpha value is -2.69. The third kappa shape index (κ3) is 3.89. The molecule has 0 aliphatic heterocycles. The Kier molecular flexibility index (Phi) is 4.66. The summed E-state index contributed by atoms with van der Waals surface area (Å²) in [7, 11) is 3.23. The molecule has 2 aromatic rings. The van der Waals surface area contributed by atoms with Crippen LogP contribution in [0.5, 0.6) is 11.5 Å². The molecule has 0 spiro atoms. The van der Waals surface area contributed by atoms with Crippen molar-refractivity contribution in [1.29, 1.82) is 0 Å². The van der Waals surface area contributed by atoms with Gasteiger partial charge in [0.2, 0.25) is 5.91 Å². The van der Waals surface area contributed by atoms with Gasteiger partial charge >= 0.3 is 0 Å². The average Bonchev–Trinajstić information content (AvgIpc) is 2.52. The van der Waals surface area contributed by atoms with Crippen LogP contribution in [0.1, 0.15) is 15.9 Å². The Morgan fingerprint density at radius 3 is 2.33 bits per heavy atom. The van der Waals surface area contributed by atoms with Gasteiger partial charge < -0.3 is 20.5 Å². The van der Waals surface area contributed by atoms with E-state index in [9.17, 15) is 4.79 Å². The molecule has 0 atom stereocenters. The lowest BCUT2D eigenvalue weighted by Crippen LogP contribution is -2.11. The van der Waals surface area contributed by atoms with Crippen LogP contribution in [0.4, 0.5) is 5.69 Å². The second kappa shape index (κ2) is 6.65. The van der Waals surface area contributed by atoms with E-state index in [4.69, 9.17) is 15.2 Å². The third-order valence-corrected chi connectivity index (χ3v) is 3.05. The number of hydrogen-bond acceptors (Lipinski definition) is 4. The van der Waals surface area contributed by atoms with Crippen molar-refractivity contribution in [1.82, 2.24) is 0 Å². The fourth-order valence-corrected chi connectivity index (χ4v) is 1.95. The molecule has 0 saturated carbocycles. The van der Waals surface area contributed by atoms with Crippen molar-refractivity contribution >= 4 is 11.6 Å². The molecule has 0 aromatic heterocycles. The number of primary amides is 1. The van der Waals surface area contributed by atoms with Crippen LogP contribution >= 0.6 is 0 Å². The highest BCUT2D eigenvalue weighted by Gasteiger charge is 2.04. The third-order valence-electron chi connectivity index (χ3n) is 3.05. The van der Waals surface area contributed by atoms with Crippen molar-refractivity contribution in [2.45, 2.75) is 6.54 Å². The molecule has 0 aliphatic rings. The zero-order chi connectivity index (χ0) is 15.2. The zero-order valence-corrected chi connectivity index (χ0v) is 12.1. The van der Waals surface area contributed by atoms with Gasteiger partial charge in [-0.25, -0.2) is 0 Å². The highest BCUT2D eigenvalue weighted by atomic mass is 16.5. The number of anilines is 1. The van der Waals surface area contributed by atoms with Gasteiger partial charge in [-0.05, 0) is 35.9 Å². The fraction of sp³-hybridized carbons (Fsp3) is 0.188. The molecule has 0 bridgehead atoms. The zero-order valence-electron chi connectivity index (χ0n) is 12.1. The molecule has 0 saturated heterocycles. The summed E-state index contributed by atoms with van der Waals surface area (Å²) in [6.07, 6.45) is 0. The van der Waals surface area contributed by atoms with Gasteiger partial charge in [0.15, 0.2) is 0 Å². The molecule has 1 amide bonds. The summed E-state index contributed by atoms with van der Waals surface area (Å²) in [5.74, 6) is 1.02. The average molecular weight is 286 g/mol.